The molecule has 0 spiro atoms. The molecule has 2 aromatic heterocycles. The van der Waals surface area contributed by atoms with E-state index in [-0.39, 0.29) is 0 Å². The van der Waals surface area contributed by atoms with Crippen LogP contribution in [0.3, 0.4) is 0 Å². The Balaban J connectivity index is 0.985. The standard InChI is InChI=1S/C51H34N2O/c1-3-8-42-32-44(17-13-35(42)6-1)39-21-27-47(28-22-39)53(48-29-23-40(24-30-48)45-18-14-36-7-2-4-9-43(36)33-45)46-25-19-38(20-26-46)37-11-15-41(16-12-37)49-34-54-50-10-5-31-52-51(49)50/h1-34H. The highest BCUT2D eigenvalue weighted by Gasteiger charge is 2.15. The Kier molecular flexibility index (Phi) is 7.81. The molecular weight excluding hydrogens is 657 g/mol. The third-order valence-electron chi connectivity index (χ3n) is 10.4. The van der Waals surface area contributed by atoms with E-state index in [0.717, 1.165) is 50.4 Å². The molecule has 254 valence electrons. The lowest BCUT2D eigenvalue weighted by Crippen LogP contribution is -2.09. The molecule has 0 radical (unpaired) electrons. The maximum absolute atomic E-state index is 5.75. The zero-order valence-electron chi connectivity index (χ0n) is 29.4. The maximum atomic E-state index is 5.75. The first-order valence-electron chi connectivity index (χ1n) is 18.3. The van der Waals surface area contributed by atoms with Crippen LogP contribution in [0, 0.1) is 0 Å². The highest BCUT2D eigenvalue weighted by molar-refractivity contribution is 5.92. The molecule has 0 aliphatic heterocycles. The van der Waals surface area contributed by atoms with E-state index >= 15 is 0 Å². The van der Waals surface area contributed by atoms with Crippen molar-refractivity contribution in [3.05, 3.63) is 207 Å². The van der Waals surface area contributed by atoms with Gasteiger partial charge in [-0.2, -0.15) is 0 Å². The van der Waals surface area contributed by atoms with Crippen LogP contribution < -0.4 is 4.90 Å². The van der Waals surface area contributed by atoms with Gasteiger partial charge in [-0.15, -0.1) is 0 Å². The highest BCUT2D eigenvalue weighted by atomic mass is 16.3. The van der Waals surface area contributed by atoms with Gasteiger partial charge in [0.2, 0.25) is 0 Å². The lowest BCUT2D eigenvalue weighted by atomic mass is 9.99. The molecule has 0 aliphatic rings. The van der Waals surface area contributed by atoms with Crippen molar-refractivity contribution in [1.82, 2.24) is 4.98 Å². The van der Waals surface area contributed by atoms with Gasteiger partial charge in [-0.1, -0.05) is 133 Å². The van der Waals surface area contributed by atoms with E-state index in [2.05, 4.69) is 192 Å². The zero-order valence-corrected chi connectivity index (χ0v) is 29.4. The Hall–Kier alpha value is -7.23. The molecule has 10 rings (SSSR count). The number of hydrogen-bond acceptors (Lipinski definition) is 3. The number of aromatic nitrogens is 1. The molecule has 0 aliphatic carbocycles. The van der Waals surface area contributed by atoms with Crippen LogP contribution in [0.4, 0.5) is 17.1 Å². The van der Waals surface area contributed by atoms with E-state index in [1.165, 1.54) is 43.8 Å². The summed E-state index contributed by atoms with van der Waals surface area (Å²) >= 11 is 0. The summed E-state index contributed by atoms with van der Waals surface area (Å²) in [5.74, 6) is 0. The van der Waals surface area contributed by atoms with Crippen molar-refractivity contribution in [2.24, 2.45) is 0 Å². The lowest BCUT2D eigenvalue weighted by Gasteiger charge is -2.26. The second-order valence-electron chi connectivity index (χ2n) is 13.7. The van der Waals surface area contributed by atoms with Gasteiger partial charge in [0.05, 0.1) is 0 Å². The molecule has 0 N–H and O–H groups in total. The Labute approximate surface area is 314 Å². The molecule has 0 amide bonds. The van der Waals surface area contributed by atoms with E-state index in [1.807, 2.05) is 12.1 Å². The van der Waals surface area contributed by atoms with Gasteiger partial charge < -0.3 is 9.32 Å². The number of pyridine rings is 1. The van der Waals surface area contributed by atoms with E-state index < -0.39 is 0 Å². The van der Waals surface area contributed by atoms with Gasteiger partial charge >= 0.3 is 0 Å². The van der Waals surface area contributed by atoms with E-state index in [0.29, 0.717) is 0 Å². The fraction of sp³-hybridized carbons (Fsp3) is 0. The fourth-order valence-electron chi connectivity index (χ4n) is 7.51. The van der Waals surface area contributed by atoms with Crippen molar-refractivity contribution < 1.29 is 4.42 Å². The fourth-order valence-corrected chi connectivity index (χ4v) is 7.51. The molecule has 10 aromatic rings. The van der Waals surface area contributed by atoms with Crippen molar-refractivity contribution in [1.29, 1.82) is 0 Å². The summed E-state index contributed by atoms with van der Waals surface area (Å²) in [5.41, 5.74) is 14.1. The number of fused-ring (bicyclic) bond motifs is 3. The number of benzene rings is 8. The number of anilines is 3. The first-order valence-corrected chi connectivity index (χ1v) is 18.3. The second kappa shape index (κ2) is 13.4. The first-order chi connectivity index (χ1) is 26.7. The Morgan fingerprint density at radius 2 is 0.759 bits per heavy atom. The van der Waals surface area contributed by atoms with Gasteiger partial charge in [-0.3, -0.25) is 4.98 Å². The van der Waals surface area contributed by atoms with Crippen LogP contribution in [0.5, 0.6) is 0 Å². The molecule has 2 heterocycles. The van der Waals surface area contributed by atoms with Crippen LogP contribution in [0.2, 0.25) is 0 Å². The van der Waals surface area contributed by atoms with Gasteiger partial charge in [0.1, 0.15) is 11.8 Å². The average Bonchev–Trinajstić information content (AvgIpc) is 3.69. The molecule has 3 nitrogen and oxygen atoms in total. The summed E-state index contributed by atoms with van der Waals surface area (Å²) in [6, 6.07) is 69.5. The Morgan fingerprint density at radius 1 is 0.352 bits per heavy atom. The summed E-state index contributed by atoms with van der Waals surface area (Å²) < 4.78 is 5.75. The molecule has 8 aromatic carbocycles. The van der Waals surface area contributed by atoms with Crippen LogP contribution in [-0.2, 0) is 0 Å². The van der Waals surface area contributed by atoms with Crippen molar-refractivity contribution in [3.8, 4) is 44.5 Å². The van der Waals surface area contributed by atoms with Crippen LogP contribution >= 0.6 is 0 Å². The van der Waals surface area contributed by atoms with E-state index in [1.54, 1.807) is 12.5 Å². The van der Waals surface area contributed by atoms with Crippen LogP contribution in [-0.4, -0.2) is 4.98 Å². The minimum Gasteiger partial charge on any atom is -0.462 e. The first kappa shape index (κ1) is 31.5. The maximum Gasteiger partial charge on any atom is 0.152 e. The zero-order chi connectivity index (χ0) is 35.8. The number of furan rings is 1. The van der Waals surface area contributed by atoms with Gasteiger partial charge in [-0.25, -0.2) is 0 Å². The summed E-state index contributed by atoms with van der Waals surface area (Å²) in [4.78, 5) is 6.87. The largest absolute Gasteiger partial charge is 0.462 e. The van der Waals surface area contributed by atoms with Crippen molar-refractivity contribution in [2.75, 3.05) is 4.90 Å². The third kappa shape index (κ3) is 5.88. The minimum atomic E-state index is 0.795. The van der Waals surface area contributed by atoms with Crippen LogP contribution in [0.25, 0.3) is 77.2 Å². The molecule has 0 bridgehead atoms. The monoisotopic (exact) mass is 690 g/mol. The highest BCUT2D eigenvalue weighted by Crippen LogP contribution is 2.39. The molecule has 0 fully saturated rings. The molecule has 54 heavy (non-hydrogen) atoms. The molecule has 0 saturated heterocycles. The molecule has 0 atom stereocenters. The smallest absolute Gasteiger partial charge is 0.152 e. The Morgan fingerprint density at radius 3 is 1.26 bits per heavy atom. The van der Waals surface area contributed by atoms with Crippen molar-refractivity contribution in [3.63, 3.8) is 0 Å². The summed E-state index contributed by atoms with van der Waals surface area (Å²) in [7, 11) is 0. The van der Waals surface area contributed by atoms with Crippen LogP contribution in [0.1, 0.15) is 0 Å². The summed E-state index contributed by atoms with van der Waals surface area (Å²) in [6.07, 6.45) is 3.60. The summed E-state index contributed by atoms with van der Waals surface area (Å²) in [5, 5.41) is 4.99. The quantitative estimate of drug-likeness (QED) is 0.167. The lowest BCUT2D eigenvalue weighted by molar-refractivity contribution is 0.616. The van der Waals surface area contributed by atoms with Gasteiger partial charge in [0, 0.05) is 28.8 Å². The average molecular weight is 691 g/mol. The number of hydrogen-bond donors (Lipinski definition) is 0. The minimum absolute atomic E-state index is 0.795. The second-order valence-corrected chi connectivity index (χ2v) is 13.7. The molecule has 0 unspecified atom stereocenters. The van der Waals surface area contributed by atoms with Crippen molar-refractivity contribution >= 4 is 49.7 Å². The summed E-state index contributed by atoms with van der Waals surface area (Å²) in [6.45, 7) is 0. The normalized spacial score (nSPS) is 11.3. The van der Waals surface area contributed by atoms with E-state index in [9.17, 15) is 0 Å². The van der Waals surface area contributed by atoms with Gasteiger partial charge in [0.25, 0.3) is 0 Å². The topological polar surface area (TPSA) is 29.3 Å². The van der Waals surface area contributed by atoms with Crippen molar-refractivity contribution in [2.45, 2.75) is 0 Å². The predicted molar refractivity (Wildman–Crippen MR) is 225 cm³/mol. The molecule has 3 heteroatoms. The van der Waals surface area contributed by atoms with E-state index in [4.69, 9.17) is 4.42 Å². The number of rotatable bonds is 7. The third-order valence-corrected chi connectivity index (χ3v) is 10.4. The SMILES string of the molecule is c1ccc2cc(-c3ccc(N(c4ccc(-c5ccc(-c6coc7cccnc67)cc5)cc4)c4ccc(-c5ccc6ccccc6c5)cc4)cc3)ccc2c1. The number of nitrogens with zero attached hydrogens (tertiary/aromatic N) is 2. The van der Waals surface area contributed by atoms with Gasteiger partial charge in [-0.05, 0) is 121 Å². The van der Waals surface area contributed by atoms with Crippen LogP contribution in [0.15, 0.2) is 211 Å². The molecule has 0 saturated carbocycles. The Bertz CT molecular complexity index is 2780. The molecular formula is C51H34N2O. The predicted octanol–water partition coefficient (Wildman–Crippen LogP) is 14.3. The van der Waals surface area contributed by atoms with Gasteiger partial charge in [0.15, 0.2) is 5.58 Å².